The van der Waals surface area contributed by atoms with Crippen LogP contribution in [-0.2, 0) is 7.05 Å². The molecule has 1 atom stereocenters. The molecule has 188 valence electrons. The summed E-state index contributed by atoms with van der Waals surface area (Å²) >= 11 is 0. The topological polar surface area (TPSA) is 104 Å². The molecule has 0 bridgehead atoms. The Morgan fingerprint density at radius 3 is 2.63 bits per heavy atom. The van der Waals surface area contributed by atoms with Gasteiger partial charge in [-0.3, -0.25) is 9.13 Å². The molecule has 4 N–H and O–H groups in total. The lowest BCUT2D eigenvalue weighted by molar-refractivity contribution is 0.244. The van der Waals surface area contributed by atoms with Crippen molar-refractivity contribution < 1.29 is 13.5 Å². The summed E-state index contributed by atoms with van der Waals surface area (Å²) in [6, 6.07) is 6.06. The summed E-state index contributed by atoms with van der Waals surface area (Å²) in [7, 11) is 1.59. The van der Waals surface area contributed by atoms with E-state index in [1.165, 1.54) is 16.8 Å². The van der Waals surface area contributed by atoms with Gasteiger partial charge in [0, 0.05) is 67.4 Å². The average molecular weight is 487 g/mol. The van der Waals surface area contributed by atoms with Crippen molar-refractivity contribution in [2.75, 3.05) is 37.7 Å². The van der Waals surface area contributed by atoms with E-state index in [9.17, 15) is 13.6 Å². The van der Waals surface area contributed by atoms with Gasteiger partial charge in [-0.05, 0) is 44.9 Å². The first-order valence-electron chi connectivity index (χ1n) is 11.8. The first-order chi connectivity index (χ1) is 16.7. The van der Waals surface area contributed by atoms with Gasteiger partial charge in [0.2, 0.25) is 5.88 Å². The number of hydrogen-bond donors (Lipinski definition) is 2. The summed E-state index contributed by atoms with van der Waals surface area (Å²) in [4.78, 5) is 19.1. The standard InChI is InChI=1S/C25H32F2N6O2/c1-15(2)33-23(24(29)31(3)25(33)34)19-11-18(20(27)12-21(19)28)16-5-6-22(30-13-16)35-10-4-8-32-9-7-17(26)14-32/h5-6,11-13,15,17H,4,7-10,14,28-29H2,1-3H3. The van der Waals surface area contributed by atoms with Crippen LogP contribution in [0.5, 0.6) is 5.88 Å². The Morgan fingerprint density at radius 2 is 2.00 bits per heavy atom. The second kappa shape index (κ2) is 10.1. The molecule has 0 radical (unpaired) electrons. The monoisotopic (exact) mass is 486 g/mol. The smallest absolute Gasteiger partial charge is 0.330 e. The van der Waals surface area contributed by atoms with Crippen LogP contribution < -0.4 is 21.9 Å². The minimum absolute atomic E-state index is 0.170. The summed E-state index contributed by atoms with van der Waals surface area (Å²) in [5, 5.41) is 0. The number of imidazole rings is 1. The van der Waals surface area contributed by atoms with Gasteiger partial charge in [-0.15, -0.1) is 0 Å². The van der Waals surface area contributed by atoms with E-state index in [1.54, 1.807) is 29.8 Å². The van der Waals surface area contributed by atoms with Crippen molar-refractivity contribution in [3.8, 4) is 28.3 Å². The molecule has 1 aliphatic rings. The molecular formula is C25H32F2N6O2. The molecule has 3 aromatic rings. The van der Waals surface area contributed by atoms with Crippen LogP contribution >= 0.6 is 0 Å². The number of anilines is 2. The van der Waals surface area contributed by atoms with Crippen LogP contribution in [0.3, 0.4) is 0 Å². The average Bonchev–Trinajstić information content (AvgIpc) is 3.33. The van der Waals surface area contributed by atoms with E-state index in [-0.39, 0.29) is 28.8 Å². The van der Waals surface area contributed by atoms with Gasteiger partial charge in [0.25, 0.3) is 0 Å². The number of ether oxygens (including phenoxy) is 1. The zero-order valence-electron chi connectivity index (χ0n) is 20.3. The highest BCUT2D eigenvalue weighted by molar-refractivity contribution is 5.85. The number of halogens is 2. The maximum Gasteiger partial charge on any atom is 0.330 e. The Bertz CT molecular complexity index is 1250. The van der Waals surface area contributed by atoms with E-state index >= 15 is 0 Å². The maximum absolute atomic E-state index is 14.9. The van der Waals surface area contributed by atoms with E-state index in [2.05, 4.69) is 9.88 Å². The van der Waals surface area contributed by atoms with Crippen LogP contribution in [0, 0.1) is 5.82 Å². The second-order valence-electron chi connectivity index (χ2n) is 9.23. The minimum Gasteiger partial charge on any atom is -0.478 e. The predicted octanol–water partition coefficient (Wildman–Crippen LogP) is 3.61. The molecule has 0 aliphatic carbocycles. The van der Waals surface area contributed by atoms with Gasteiger partial charge in [0.15, 0.2) is 0 Å². The lowest BCUT2D eigenvalue weighted by Gasteiger charge is -2.15. The summed E-state index contributed by atoms with van der Waals surface area (Å²) in [6.07, 6.45) is 2.17. The van der Waals surface area contributed by atoms with Gasteiger partial charge in [-0.25, -0.2) is 18.6 Å². The third kappa shape index (κ3) is 5.02. The van der Waals surface area contributed by atoms with Crippen molar-refractivity contribution in [3.05, 3.63) is 46.8 Å². The van der Waals surface area contributed by atoms with Gasteiger partial charge in [0.1, 0.15) is 17.8 Å². The van der Waals surface area contributed by atoms with Crippen LogP contribution in [0.4, 0.5) is 20.3 Å². The third-order valence-electron chi connectivity index (χ3n) is 6.38. The minimum atomic E-state index is -0.726. The van der Waals surface area contributed by atoms with E-state index in [0.717, 1.165) is 19.5 Å². The SMILES string of the molecule is CC(C)n1c(-c2cc(-c3ccc(OCCCN4CCC(F)C4)nc3)c(F)cc2N)c(N)n(C)c1=O. The quantitative estimate of drug-likeness (QED) is 0.372. The number of benzene rings is 1. The second-order valence-corrected chi connectivity index (χ2v) is 9.23. The van der Waals surface area contributed by atoms with Gasteiger partial charge in [-0.2, -0.15) is 0 Å². The van der Waals surface area contributed by atoms with Crippen molar-refractivity contribution in [1.29, 1.82) is 0 Å². The van der Waals surface area contributed by atoms with Crippen molar-refractivity contribution in [2.24, 2.45) is 7.05 Å². The fourth-order valence-electron chi connectivity index (χ4n) is 4.48. The number of nitrogen functional groups attached to an aromatic ring is 2. The van der Waals surface area contributed by atoms with Crippen LogP contribution in [0.25, 0.3) is 22.4 Å². The first-order valence-corrected chi connectivity index (χ1v) is 11.8. The lowest BCUT2D eigenvalue weighted by Crippen LogP contribution is -2.24. The normalized spacial score (nSPS) is 16.3. The highest BCUT2D eigenvalue weighted by atomic mass is 19.1. The molecule has 3 heterocycles. The van der Waals surface area contributed by atoms with E-state index in [0.29, 0.717) is 42.3 Å². The molecule has 0 spiro atoms. The summed E-state index contributed by atoms with van der Waals surface area (Å²) in [6.45, 7) is 6.25. The van der Waals surface area contributed by atoms with Gasteiger partial charge in [0.05, 0.1) is 12.3 Å². The Balaban J connectivity index is 1.54. The lowest BCUT2D eigenvalue weighted by atomic mass is 10.00. The number of likely N-dealkylation sites (tertiary alicyclic amines) is 1. The molecule has 1 aliphatic heterocycles. The maximum atomic E-state index is 14.9. The van der Waals surface area contributed by atoms with Crippen LogP contribution in [-0.4, -0.2) is 51.4 Å². The molecule has 1 unspecified atom stereocenters. The Hall–Kier alpha value is -3.40. The molecular weight excluding hydrogens is 454 g/mol. The molecule has 1 fully saturated rings. The first kappa shape index (κ1) is 24.7. The number of alkyl halides is 1. The Kier molecular flexibility index (Phi) is 7.11. The fraction of sp³-hybridized carbons (Fsp3) is 0.440. The van der Waals surface area contributed by atoms with E-state index in [1.807, 2.05) is 13.8 Å². The molecule has 10 heteroatoms. The number of nitrogens with two attached hydrogens (primary N) is 2. The predicted molar refractivity (Wildman–Crippen MR) is 134 cm³/mol. The number of aromatic nitrogens is 3. The molecule has 4 rings (SSSR count). The highest BCUT2D eigenvalue weighted by Gasteiger charge is 2.23. The van der Waals surface area contributed by atoms with Gasteiger partial charge >= 0.3 is 5.69 Å². The van der Waals surface area contributed by atoms with Crippen LogP contribution in [0.15, 0.2) is 35.3 Å². The number of rotatable bonds is 8. The van der Waals surface area contributed by atoms with Gasteiger partial charge in [-0.1, -0.05) is 0 Å². The third-order valence-corrected chi connectivity index (χ3v) is 6.38. The summed E-state index contributed by atoms with van der Waals surface area (Å²) in [5.41, 5.74) is 14.1. The molecule has 1 aromatic carbocycles. The van der Waals surface area contributed by atoms with Crippen molar-refractivity contribution in [2.45, 2.75) is 38.9 Å². The molecule has 1 saturated heterocycles. The number of hydrogen-bond acceptors (Lipinski definition) is 6. The molecule has 35 heavy (non-hydrogen) atoms. The zero-order chi connectivity index (χ0) is 25.3. The van der Waals surface area contributed by atoms with Crippen LogP contribution in [0.2, 0.25) is 0 Å². The van der Waals surface area contributed by atoms with Crippen molar-refractivity contribution >= 4 is 11.5 Å². The number of pyridine rings is 1. The zero-order valence-corrected chi connectivity index (χ0v) is 20.3. The Labute approximate surface area is 203 Å². The highest BCUT2D eigenvalue weighted by Crippen LogP contribution is 2.36. The van der Waals surface area contributed by atoms with Crippen molar-refractivity contribution in [1.82, 2.24) is 19.0 Å². The molecule has 0 saturated carbocycles. The fourth-order valence-corrected chi connectivity index (χ4v) is 4.48. The number of nitrogens with zero attached hydrogens (tertiary/aromatic N) is 4. The van der Waals surface area contributed by atoms with Crippen LogP contribution in [0.1, 0.15) is 32.7 Å². The van der Waals surface area contributed by atoms with E-state index < -0.39 is 12.0 Å². The van der Waals surface area contributed by atoms with E-state index in [4.69, 9.17) is 16.2 Å². The molecule has 2 aromatic heterocycles. The summed E-state index contributed by atoms with van der Waals surface area (Å²) in [5.74, 6) is 0.174. The van der Waals surface area contributed by atoms with Crippen molar-refractivity contribution in [3.63, 3.8) is 0 Å². The Morgan fingerprint density at radius 1 is 1.23 bits per heavy atom. The largest absolute Gasteiger partial charge is 0.478 e. The molecule has 0 amide bonds. The molecule has 8 nitrogen and oxygen atoms in total. The summed E-state index contributed by atoms with van der Waals surface area (Å²) < 4.78 is 36.8. The van der Waals surface area contributed by atoms with Gasteiger partial charge < -0.3 is 21.1 Å².